The van der Waals surface area contributed by atoms with E-state index in [2.05, 4.69) is 14.9 Å². The van der Waals surface area contributed by atoms with Gasteiger partial charge in [0.1, 0.15) is 23.2 Å². The molecular formula is C15H17ClN4O3S. The van der Waals surface area contributed by atoms with Crippen LogP contribution in [0.2, 0.25) is 4.34 Å². The number of ether oxygens (including phenoxy) is 2. The third-order valence-electron chi connectivity index (χ3n) is 3.52. The minimum absolute atomic E-state index is 0.118. The van der Waals surface area contributed by atoms with Crippen molar-refractivity contribution in [2.75, 3.05) is 31.6 Å². The summed E-state index contributed by atoms with van der Waals surface area (Å²) in [6.07, 6.45) is 0. The molecule has 3 rings (SSSR count). The Morgan fingerprint density at radius 1 is 1.38 bits per heavy atom. The lowest BCUT2D eigenvalue weighted by atomic mass is 10.2. The second-order valence-electron chi connectivity index (χ2n) is 5.20. The molecule has 0 radical (unpaired) electrons. The number of amides is 1. The molecule has 9 heteroatoms. The molecule has 2 aromatic rings. The van der Waals surface area contributed by atoms with E-state index in [1.165, 1.54) is 0 Å². The van der Waals surface area contributed by atoms with Crippen LogP contribution in [-0.4, -0.2) is 46.7 Å². The molecule has 0 unspecified atom stereocenters. The molecule has 24 heavy (non-hydrogen) atoms. The average molecular weight is 369 g/mol. The Morgan fingerprint density at radius 2 is 2.17 bits per heavy atom. The van der Waals surface area contributed by atoms with Crippen LogP contribution in [-0.2, 0) is 11.3 Å². The van der Waals surface area contributed by atoms with Gasteiger partial charge in [0.2, 0.25) is 5.91 Å². The topological polar surface area (TPSA) is 76.6 Å². The largest absolute Gasteiger partial charge is 0.486 e. The van der Waals surface area contributed by atoms with Crippen molar-refractivity contribution in [2.24, 2.45) is 0 Å². The van der Waals surface area contributed by atoms with Crippen LogP contribution in [0.25, 0.3) is 0 Å². The van der Waals surface area contributed by atoms with E-state index in [0.717, 1.165) is 11.5 Å². The van der Waals surface area contributed by atoms with Gasteiger partial charge in [-0.15, -0.1) is 5.10 Å². The molecule has 0 saturated heterocycles. The van der Waals surface area contributed by atoms with Gasteiger partial charge in [0.15, 0.2) is 11.5 Å². The van der Waals surface area contributed by atoms with E-state index in [4.69, 9.17) is 21.1 Å². The predicted octanol–water partition coefficient (Wildman–Crippen LogP) is 2.42. The van der Waals surface area contributed by atoms with Crippen molar-refractivity contribution in [3.63, 3.8) is 0 Å². The molecular weight excluding hydrogens is 352 g/mol. The average Bonchev–Trinajstić information content (AvgIpc) is 2.99. The van der Waals surface area contributed by atoms with Gasteiger partial charge < -0.3 is 14.8 Å². The maximum absolute atomic E-state index is 12.3. The summed E-state index contributed by atoms with van der Waals surface area (Å²) in [5.74, 6) is 1.22. The third-order valence-corrected chi connectivity index (χ3v) is 4.51. The van der Waals surface area contributed by atoms with Gasteiger partial charge in [-0.3, -0.25) is 9.69 Å². The van der Waals surface area contributed by atoms with Crippen LogP contribution >= 0.6 is 23.1 Å². The van der Waals surface area contributed by atoms with Crippen molar-refractivity contribution in [1.29, 1.82) is 0 Å². The molecule has 0 spiro atoms. The SMILES string of the molecule is CCN(CC(=O)Nc1ccc2c(c1)OCCO2)Cc1nnsc1Cl. The van der Waals surface area contributed by atoms with Crippen LogP contribution in [0.15, 0.2) is 18.2 Å². The molecule has 1 aliphatic heterocycles. The van der Waals surface area contributed by atoms with E-state index in [1.807, 2.05) is 11.8 Å². The molecule has 7 nitrogen and oxygen atoms in total. The highest BCUT2D eigenvalue weighted by atomic mass is 35.5. The molecule has 0 aliphatic carbocycles. The number of fused-ring (bicyclic) bond motifs is 1. The van der Waals surface area contributed by atoms with Gasteiger partial charge in [0, 0.05) is 29.8 Å². The van der Waals surface area contributed by atoms with E-state index < -0.39 is 0 Å². The molecule has 0 atom stereocenters. The Hall–Kier alpha value is -1.90. The monoisotopic (exact) mass is 368 g/mol. The fourth-order valence-electron chi connectivity index (χ4n) is 2.31. The zero-order chi connectivity index (χ0) is 16.9. The predicted molar refractivity (Wildman–Crippen MR) is 91.9 cm³/mol. The fraction of sp³-hybridized carbons (Fsp3) is 0.400. The summed E-state index contributed by atoms with van der Waals surface area (Å²) in [7, 11) is 0. The molecule has 0 fully saturated rings. The number of hydrogen-bond acceptors (Lipinski definition) is 7. The first-order valence-corrected chi connectivity index (χ1v) is 8.69. The number of halogens is 1. The van der Waals surface area contributed by atoms with Gasteiger partial charge in [0.05, 0.1) is 6.54 Å². The van der Waals surface area contributed by atoms with Crippen molar-refractivity contribution in [3.05, 3.63) is 28.2 Å². The van der Waals surface area contributed by atoms with E-state index in [-0.39, 0.29) is 12.5 Å². The number of carbonyl (C=O) groups is 1. The van der Waals surface area contributed by atoms with Gasteiger partial charge in [-0.05, 0) is 18.7 Å². The van der Waals surface area contributed by atoms with Crippen molar-refractivity contribution in [3.8, 4) is 11.5 Å². The van der Waals surface area contributed by atoms with Gasteiger partial charge in [0.25, 0.3) is 0 Å². The second-order valence-corrected chi connectivity index (χ2v) is 6.56. The summed E-state index contributed by atoms with van der Waals surface area (Å²) in [5, 5.41) is 6.84. The number of aromatic nitrogens is 2. The number of nitrogens with one attached hydrogen (secondary N) is 1. The van der Waals surface area contributed by atoms with Crippen LogP contribution < -0.4 is 14.8 Å². The van der Waals surface area contributed by atoms with Crippen molar-refractivity contribution in [1.82, 2.24) is 14.5 Å². The summed E-state index contributed by atoms with van der Waals surface area (Å²) in [5.41, 5.74) is 1.37. The van der Waals surface area contributed by atoms with Gasteiger partial charge in [-0.1, -0.05) is 23.0 Å². The summed E-state index contributed by atoms with van der Waals surface area (Å²) >= 11 is 7.16. The Kier molecular flexibility index (Phi) is 5.49. The maximum atomic E-state index is 12.3. The molecule has 0 bridgehead atoms. The van der Waals surface area contributed by atoms with E-state index in [1.54, 1.807) is 18.2 Å². The summed E-state index contributed by atoms with van der Waals surface area (Å²) in [6, 6.07) is 5.36. The van der Waals surface area contributed by atoms with Crippen LogP contribution in [0.1, 0.15) is 12.6 Å². The van der Waals surface area contributed by atoms with E-state index in [0.29, 0.717) is 53.5 Å². The lowest BCUT2D eigenvalue weighted by Crippen LogP contribution is -2.33. The highest BCUT2D eigenvalue weighted by molar-refractivity contribution is 7.10. The first-order chi connectivity index (χ1) is 11.7. The molecule has 1 aliphatic rings. The quantitative estimate of drug-likeness (QED) is 0.843. The summed E-state index contributed by atoms with van der Waals surface area (Å²) in [6.45, 7) is 4.45. The highest BCUT2D eigenvalue weighted by Crippen LogP contribution is 2.32. The van der Waals surface area contributed by atoms with Crippen LogP contribution in [0.5, 0.6) is 11.5 Å². The summed E-state index contributed by atoms with van der Waals surface area (Å²) in [4.78, 5) is 14.2. The molecule has 2 heterocycles. The lowest BCUT2D eigenvalue weighted by molar-refractivity contribution is -0.117. The normalized spacial score (nSPS) is 13.1. The Balaban J connectivity index is 1.59. The van der Waals surface area contributed by atoms with Crippen molar-refractivity contribution >= 4 is 34.7 Å². The van der Waals surface area contributed by atoms with E-state index >= 15 is 0 Å². The minimum atomic E-state index is -0.118. The number of likely N-dealkylation sites (N-methyl/N-ethyl adjacent to an activating group) is 1. The van der Waals surface area contributed by atoms with Crippen LogP contribution in [0.4, 0.5) is 5.69 Å². The number of anilines is 1. The zero-order valence-corrected chi connectivity index (χ0v) is 14.7. The third kappa shape index (κ3) is 4.14. The number of rotatable bonds is 6. The molecule has 1 aromatic carbocycles. The smallest absolute Gasteiger partial charge is 0.238 e. The van der Waals surface area contributed by atoms with Gasteiger partial charge >= 0.3 is 0 Å². The Bertz CT molecular complexity index is 724. The maximum Gasteiger partial charge on any atom is 0.238 e. The highest BCUT2D eigenvalue weighted by Gasteiger charge is 2.16. The molecule has 1 aromatic heterocycles. The van der Waals surface area contributed by atoms with Crippen LogP contribution in [0.3, 0.4) is 0 Å². The first-order valence-electron chi connectivity index (χ1n) is 7.54. The number of hydrogen-bond donors (Lipinski definition) is 1. The van der Waals surface area contributed by atoms with Gasteiger partial charge in [-0.25, -0.2) is 0 Å². The molecule has 1 N–H and O–H groups in total. The summed E-state index contributed by atoms with van der Waals surface area (Å²) < 4.78 is 15.3. The number of nitrogens with zero attached hydrogens (tertiary/aromatic N) is 3. The number of carbonyl (C=O) groups excluding carboxylic acids is 1. The molecule has 128 valence electrons. The molecule has 1 amide bonds. The van der Waals surface area contributed by atoms with Crippen molar-refractivity contribution < 1.29 is 14.3 Å². The lowest BCUT2D eigenvalue weighted by Gasteiger charge is -2.20. The minimum Gasteiger partial charge on any atom is -0.486 e. The zero-order valence-electron chi connectivity index (χ0n) is 13.1. The van der Waals surface area contributed by atoms with Crippen molar-refractivity contribution in [2.45, 2.75) is 13.5 Å². The van der Waals surface area contributed by atoms with Crippen LogP contribution in [0, 0.1) is 0 Å². The standard InChI is InChI=1S/C15H17ClN4O3S/c1-2-20(8-11-15(16)24-19-18-11)9-14(21)17-10-3-4-12-13(7-10)23-6-5-22-12/h3-4,7H,2,5-6,8-9H2,1H3,(H,17,21). The Morgan fingerprint density at radius 3 is 2.88 bits per heavy atom. The Labute approximate surface area is 148 Å². The number of benzene rings is 1. The fourth-order valence-corrected chi connectivity index (χ4v) is 2.92. The first kappa shape index (κ1) is 16.9. The van der Waals surface area contributed by atoms with Gasteiger partial charge in [-0.2, -0.15) is 0 Å². The van der Waals surface area contributed by atoms with E-state index in [9.17, 15) is 4.79 Å². The second kappa shape index (κ2) is 7.78. The molecule has 0 saturated carbocycles.